The first-order valence-electron chi connectivity index (χ1n) is 14.8. The third-order valence-corrected chi connectivity index (χ3v) is 2.95. The minimum Gasteiger partial charge on any atom is -0.812 e. The number of aliphatic imine (C=N–C) groups is 1. The van der Waals surface area contributed by atoms with E-state index in [9.17, 15) is 14.4 Å². The molecule has 0 fully saturated rings. The number of hydrogen-bond acceptors (Lipinski definition) is 14. The number of aldehydes is 1. The number of aliphatic hydroxyl groups excluding tert-OH is 6. The Morgan fingerprint density at radius 2 is 1.08 bits per heavy atom. The quantitative estimate of drug-likeness (QED) is 0.0231. The summed E-state index contributed by atoms with van der Waals surface area (Å²) in [5.41, 5.74) is 32.4. The molecule has 0 saturated carbocycles. The number of hydrogen-bond donors (Lipinski definition) is 8. The number of nitrogens with two attached hydrogens (primary N) is 1. The van der Waals surface area contributed by atoms with Crippen LogP contribution < -0.4 is 40.6 Å². The van der Waals surface area contributed by atoms with Crippen LogP contribution in [0.4, 0.5) is 0 Å². The summed E-state index contributed by atoms with van der Waals surface area (Å²) in [5, 5.41) is 61.8. The molecule has 21 nitrogen and oxygen atoms in total. The van der Waals surface area contributed by atoms with E-state index in [-0.39, 0.29) is 143 Å². The Balaban J connectivity index is -0.0000000213. The van der Waals surface area contributed by atoms with Gasteiger partial charge >= 0.3 is 92.8 Å². The second kappa shape index (κ2) is 137. The van der Waals surface area contributed by atoms with Gasteiger partial charge in [0.05, 0.1) is 24.1 Å². The molecule has 0 aromatic heterocycles. The fraction of sp³-hybridized carbons (Fsp3) is 0.677. The van der Waals surface area contributed by atoms with Crippen molar-refractivity contribution in [2.75, 3.05) is 31.5 Å². The van der Waals surface area contributed by atoms with Gasteiger partial charge in [0.2, 0.25) is 0 Å². The van der Waals surface area contributed by atoms with Gasteiger partial charge in [0, 0.05) is 58.0 Å². The molecule has 368 valence electrons. The van der Waals surface area contributed by atoms with Gasteiger partial charge in [0.15, 0.2) is 4.30 Å². The van der Waals surface area contributed by atoms with Gasteiger partial charge in [-0.2, -0.15) is 13.3 Å². The number of aliphatic hydroxyl groups is 6. The van der Waals surface area contributed by atoms with Crippen molar-refractivity contribution in [2.24, 2.45) is 15.8 Å². The Morgan fingerprint density at radius 1 is 0.855 bits per heavy atom. The second-order valence-corrected chi connectivity index (χ2v) is 11.3. The Kier molecular flexibility index (Phi) is 265. The fourth-order valence-electron chi connectivity index (χ4n) is 0.493. The molecular weight excluding hydrogens is 1610 g/mol. The van der Waals surface area contributed by atoms with Crippen molar-refractivity contribution < 1.29 is 143 Å². The van der Waals surface area contributed by atoms with Gasteiger partial charge in [0.25, 0.3) is 0 Å². The standard InChI is InChI=1S/C4H10NO.C4H8NO.C3H5BrO.C3H5N3O.C3H9NO.C3H8NO.C3H6NO.C3H6O.C2H3O.CHCl3.CH3O.CH4.Br2.N3.Na.3W/c2*1-4(6)3-5-2;1-3(5)2-4;1-3(7)2-5-6-4;3*1-3(5)2-4;1-3(2)4;1-2-3;2-1(3)4;1-2;;1-2;1-3-2;;;;/h4-6H,2-3H2,1H3;3-4,6H,2H2,1H3;2H2,1H3;2H2,1H3;3,5H,2,4H2,1H3;3-5H,2H2,1H3;2-3,5H,1H3;1-2H3;2H,1H2;1H;2H,1H2;1H4;;;;;;/q2*-1;;;;2*-1;;-1;;-1;;;-1;+1;3*+2. The first-order valence-corrected chi connectivity index (χ1v) is 21.0. The fourth-order valence-corrected chi connectivity index (χ4v) is 0.493. The van der Waals surface area contributed by atoms with E-state index < -0.39 is 22.6 Å². The van der Waals surface area contributed by atoms with Crippen LogP contribution in [-0.2, 0) is 82.4 Å². The summed E-state index contributed by atoms with van der Waals surface area (Å²) in [6.45, 7) is 17.8. The van der Waals surface area contributed by atoms with Gasteiger partial charge in [-0.1, -0.05) is 63.3 Å². The third-order valence-electron chi connectivity index (χ3n) is 2.16. The average molecular weight is 1680 g/mol. The van der Waals surface area contributed by atoms with E-state index in [0.29, 0.717) is 24.7 Å². The summed E-state index contributed by atoms with van der Waals surface area (Å²) in [5.74, 6) is 0.225. The number of alkyl halides is 4. The van der Waals surface area contributed by atoms with Crippen molar-refractivity contribution >= 4 is 115 Å². The molecule has 0 rings (SSSR count). The molecule has 5 unspecified atom stereocenters. The van der Waals surface area contributed by atoms with Crippen LogP contribution >= 0.6 is 79.0 Å². The average Bonchev–Trinajstić information content (AvgIpc) is 3.10. The first-order chi connectivity index (χ1) is 26.2. The molecule has 5 atom stereocenters. The van der Waals surface area contributed by atoms with Crippen LogP contribution in [0, 0.1) is 28.1 Å². The van der Waals surface area contributed by atoms with Gasteiger partial charge in [0.1, 0.15) is 17.3 Å². The molecule has 10 N–H and O–H groups in total. The number of ketones is 3. The van der Waals surface area contributed by atoms with Crippen LogP contribution in [0.3, 0.4) is 0 Å². The molecule has 0 aromatic carbocycles. The van der Waals surface area contributed by atoms with Crippen molar-refractivity contribution in [1.29, 1.82) is 0 Å². The molecule has 0 spiro atoms. The molecule has 0 radical (unpaired) electrons. The number of carbonyl (C=O) groups excluding carboxylic acids is 4. The van der Waals surface area contributed by atoms with E-state index in [1.54, 1.807) is 27.7 Å². The van der Waals surface area contributed by atoms with Gasteiger partial charge in [-0.3, -0.25) is 21.5 Å². The predicted octanol–water partition coefficient (Wildman–Crippen LogP) is 4.53. The Bertz CT molecular complexity index is 876. The largest absolute Gasteiger partial charge is 2.00 e. The molecular formula is C31H68Br3Cl3N11NaO10W3. The van der Waals surface area contributed by atoms with E-state index in [0.717, 1.165) is 6.21 Å². The first kappa shape index (κ1) is 120. The van der Waals surface area contributed by atoms with Crippen molar-refractivity contribution in [3.8, 4) is 0 Å². The van der Waals surface area contributed by atoms with E-state index in [2.05, 4.69) is 92.6 Å². The Labute approximate surface area is 475 Å². The summed E-state index contributed by atoms with van der Waals surface area (Å²) in [6.07, 6.45) is 0.380. The zero-order valence-electron chi connectivity index (χ0n) is 36.0. The predicted molar refractivity (Wildman–Crippen MR) is 254 cm³/mol. The van der Waals surface area contributed by atoms with Crippen LogP contribution in [0.25, 0.3) is 37.6 Å². The minimum absolute atomic E-state index is 0. The molecule has 0 aromatic rings. The van der Waals surface area contributed by atoms with Crippen molar-refractivity contribution in [3.05, 3.63) is 65.7 Å². The molecule has 62 heavy (non-hydrogen) atoms. The monoisotopic (exact) mass is 1670 g/mol. The SMILES string of the molecule is BrBr.C.CC(=O)CBr.CC(=O)CN=[N+]=[N-].CC(C)=O.CC(O)C=[N-].CC(O)CN.CC(O)C[NH-].ClC(Cl)Cl.[CH2-]C=O.[CH2-]N=CC(C)O.[CH2-]NCC(C)O.[CH2-]O.[N-]=[N+]=[N-].[Na+].[W+2].[W+2].[W+2]. The molecule has 31 heteroatoms. The molecule has 0 aliphatic rings. The van der Waals surface area contributed by atoms with E-state index in [4.69, 9.17) is 104 Å². The molecule has 0 amide bonds. The van der Waals surface area contributed by atoms with Crippen LogP contribution in [0.15, 0.2) is 10.1 Å². The van der Waals surface area contributed by atoms with E-state index in [1.165, 1.54) is 45.7 Å². The molecule has 0 bridgehead atoms. The van der Waals surface area contributed by atoms with Crippen LogP contribution in [0.2, 0.25) is 0 Å². The topological polar surface area (TPSA) is 394 Å². The number of nitrogens with one attached hydrogen (secondary N) is 2. The maximum absolute atomic E-state index is 9.94. The number of halogens is 6. The third kappa shape index (κ3) is 595. The van der Waals surface area contributed by atoms with Crippen molar-refractivity contribution in [3.63, 3.8) is 0 Å². The Morgan fingerprint density at radius 3 is 1.10 bits per heavy atom. The maximum Gasteiger partial charge on any atom is 2.00 e. The smallest absolute Gasteiger partial charge is 0.812 e. The molecule has 0 aliphatic heterocycles. The van der Waals surface area contributed by atoms with E-state index in [1.807, 2.05) is 0 Å². The normalized spacial score (nSPS) is 9.39. The molecule has 0 aliphatic carbocycles. The maximum atomic E-state index is 9.94. The number of Topliss-reactive ketones (excluding diaryl/α,β-unsaturated/α-hetero) is 3. The van der Waals surface area contributed by atoms with Gasteiger partial charge in [-0.25, -0.2) is 7.11 Å². The number of nitrogens with zero attached hydrogens (tertiary/aromatic N) is 8. The second-order valence-electron chi connectivity index (χ2n) is 8.74. The summed E-state index contributed by atoms with van der Waals surface area (Å²) >= 11 is 22.9. The number of carbonyl (C=O) groups is 4. The van der Waals surface area contributed by atoms with Crippen LogP contribution in [-0.4, -0.2) is 133 Å². The van der Waals surface area contributed by atoms with Crippen LogP contribution in [0.5, 0.6) is 0 Å². The Hall–Kier alpha value is 1.39. The number of rotatable bonds is 9. The minimum atomic E-state index is -0.750. The zero-order valence-corrected chi connectivity index (χ0v) is 53.8. The van der Waals surface area contributed by atoms with E-state index >= 15 is 0 Å². The van der Waals surface area contributed by atoms with Crippen molar-refractivity contribution in [2.45, 2.75) is 105 Å². The molecule has 0 heterocycles. The molecule has 0 saturated heterocycles. The summed E-state index contributed by atoms with van der Waals surface area (Å²) in [7, 11) is 8.70. The summed E-state index contributed by atoms with van der Waals surface area (Å²) in [4.78, 5) is 45.0. The number of azide groups is 1. The summed E-state index contributed by atoms with van der Waals surface area (Å²) < 4.78 is -0.750. The zero-order chi connectivity index (χ0) is 49.4. The van der Waals surface area contributed by atoms with Gasteiger partial charge in [-0.05, 0) is 80.7 Å². The van der Waals surface area contributed by atoms with Gasteiger partial charge < -0.3 is 85.4 Å². The van der Waals surface area contributed by atoms with Crippen molar-refractivity contribution in [1.82, 2.24) is 5.32 Å². The van der Waals surface area contributed by atoms with Crippen LogP contribution in [0.1, 0.15) is 69.7 Å². The summed E-state index contributed by atoms with van der Waals surface area (Å²) in [6, 6.07) is 0. The van der Waals surface area contributed by atoms with Gasteiger partial charge in [-0.15, -0.1) is 12.8 Å².